The van der Waals surface area contributed by atoms with E-state index in [4.69, 9.17) is 4.74 Å². The second-order valence-electron chi connectivity index (χ2n) is 7.66. The molecule has 2 aliphatic rings. The van der Waals surface area contributed by atoms with E-state index in [2.05, 4.69) is 13.8 Å². The van der Waals surface area contributed by atoms with Crippen LogP contribution in [0.3, 0.4) is 0 Å². The number of piperidine rings is 2. The molecule has 0 N–H and O–H groups in total. The first kappa shape index (κ1) is 18.2. The number of amides is 2. The first-order chi connectivity index (χ1) is 11.0. The van der Waals surface area contributed by atoms with Crippen molar-refractivity contribution in [3.05, 3.63) is 0 Å². The van der Waals surface area contributed by atoms with Gasteiger partial charge in [-0.3, -0.25) is 9.59 Å². The maximum absolute atomic E-state index is 12.3. The van der Waals surface area contributed by atoms with E-state index in [9.17, 15) is 9.59 Å². The van der Waals surface area contributed by atoms with Crippen molar-refractivity contribution in [1.82, 2.24) is 9.80 Å². The van der Waals surface area contributed by atoms with Crippen molar-refractivity contribution in [2.45, 2.75) is 52.4 Å². The van der Waals surface area contributed by atoms with Gasteiger partial charge in [0.15, 0.2) is 0 Å². The molecule has 5 nitrogen and oxygen atoms in total. The molecule has 2 rings (SSSR count). The zero-order valence-electron chi connectivity index (χ0n) is 15.0. The van der Waals surface area contributed by atoms with Crippen molar-refractivity contribution in [3.63, 3.8) is 0 Å². The lowest BCUT2D eigenvalue weighted by Gasteiger charge is -2.48. The van der Waals surface area contributed by atoms with Crippen LogP contribution in [0.25, 0.3) is 0 Å². The van der Waals surface area contributed by atoms with Crippen molar-refractivity contribution >= 4 is 11.8 Å². The summed E-state index contributed by atoms with van der Waals surface area (Å²) < 4.78 is 5.03. The lowest BCUT2D eigenvalue weighted by atomic mass is 9.73. The quantitative estimate of drug-likeness (QED) is 0.753. The summed E-state index contributed by atoms with van der Waals surface area (Å²) in [5.74, 6) is 1.09. The van der Waals surface area contributed by atoms with Gasteiger partial charge in [-0.2, -0.15) is 0 Å². The Kier molecular flexibility index (Phi) is 6.45. The highest BCUT2D eigenvalue weighted by Crippen LogP contribution is 2.39. The summed E-state index contributed by atoms with van der Waals surface area (Å²) in [6, 6.07) is 0. The molecule has 5 heteroatoms. The minimum atomic E-state index is 0.117. The van der Waals surface area contributed by atoms with Gasteiger partial charge >= 0.3 is 0 Å². The fourth-order valence-electron chi connectivity index (χ4n) is 3.82. The molecule has 2 amide bonds. The zero-order chi connectivity index (χ0) is 16.9. The van der Waals surface area contributed by atoms with E-state index in [1.165, 1.54) is 0 Å². The number of hydrogen-bond donors (Lipinski definition) is 0. The Morgan fingerprint density at radius 1 is 1.30 bits per heavy atom. The predicted octanol–water partition coefficient (Wildman–Crippen LogP) is 2.30. The number of ether oxygens (including phenoxy) is 1. The Hall–Kier alpha value is -1.10. The molecule has 132 valence electrons. The fraction of sp³-hybridized carbons (Fsp3) is 0.889. The van der Waals surface area contributed by atoms with Crippen LogP contribution in [0.5, 0.6) is 0 Å². The van der Waals surface area contributed by atoms with Gasteiger partial charge in [0.05, 0.1) is 13.0 Å². The van der Waals surface area contributed by atoms with Crippen LogP contribution in [-0.4, -0.2) is 61.5 Å². The van der Waals surface area contributed by atoms with Crippen LogP contribution < -0.4 is 0 Å². The third kappa shape index (κ3) is 4.93. The number of rotatable bonds is 6. The zero-order valence-corrected chi connectivity index (χ0v) is 15.0. The van der Waals surface area contributed by atoms with Crippen LogP contribution in [0.15, 0.2) is 0 Å². The standard InChI is InChI=1S/C18H32N2O3/c1-15(2)6-11-20-14-18(9-5-16(20)21)8-4-10-19(13-18)17(22)7-12-23-3/h15H,4-14H2,1-3H3/t18-/m1/s1. The second kappa shape index (κ2) is 8.13. The molecule has 0 unspecified atom stereocenters. The van der Waals surface area contributed by atoms with Crippen LogP contribution >= 0.6 is 0 Å². The first-order valence-electron chi connectivity index (χ1n) is 9.00. The lowest BCUT2D eigenvalue weighted by molar-refractivity contribution is -0.143. The lowest BCUT2D eigenvalue weighted by Crippen LogP contribution is -2.55. The summed E-state index contributed by atoms with van der Waals surface area (Å²) in [6.07, 6.45) is 5.26. The Morgan fingerprint density at radius 2 is 2.09 bits per heavy atom. The molecule has 0 saturated carbocycles. The van der Waals surface area contributed by atoms with Gasteiger partial charge in [0.1, 0.15) is 0 Å². The first-order valence-corrected chi connectivity index (χ1v) is 9.00. The molecule has 2 saturated heterocycles. The third-order valence-electron chi connectivity index (χ3n) is 5.26. The highest BCUT2D eigenvalue weighted by atomic mass is 16.5. The third-order valence-corrected chi connectivity index (χ3v) is 5.26. The molecule has 1 atom stereocenters. The van der Waals surface area contributed by atoms with Crippen molar-refractivity contribution in [2.24, 2.45) is 11.3 Å². The summed E-state index contributed by atoms with van der Waals surface area (Å²) in [4.78, 5) is 28.6. The van der Waals surface area contributed by atoms with E-state index in [0.29, 0.717) is 31.3 Å². The molecular formula is C18H32N2O3. The van der Waals surface area contributed by atoms with Crippen molar-refractivity contribution < 1.29 is 14.3 Å². The molecule has 1 spiro atoms. The monoisotopic (exact) mass is 324 g/mol. The molecule has 2 aliphatic heterocycles. The summed E-state index contributed by atoms with van der Waals surface area (Å²) in [7, 11) is 1.63. The minimum Gasteiger partial charge on any atom is -0.384 e. The van der Waals surface area contributed by atoms with Crippen LogP contribution in [0.1, 0.15) is 52.4 Å². The molecule has 0 aromatic rings. The van der Waals surface area contributed by atoms with Crippen LogP contribution in [0.4, 0.5) is 0 Å². The summed E-state index contributed by atoms with van der Waals surface area (Å²) in [5.41, 5.74) is 0.117. The average Bonchev–Trinajstić information content (AvgIpc) is 2.54. The molecule has 0 aliphatic carbocycles. The van der Waals surface area contributed by atoms with Crippen molar-refractivity contribution in [3.8, 4) is 0 Å². The molecule has 0 aromatic heterocycles. The van der Waals surface area contributed by atoms with Gasteiger partial charge in [-0.1, -0.05) is 13.8 Å². The maximum Gasteiger partial charge on any atom is 0.224 e. The van der Waals surface area contributed by atoms with Gasteiger partial charge in [0, 0.05) is 45.1 Å². The second-order valence-corrected chi connectivity index (χ2v) is 7.66. The van der Waals surface area contributed by atoms with Crippen LogP contribution in [-0.2, 0) is 14.3 Å². The average molecular weight is 324 g/mol. The molecule has 0 bridgehead atoms. The summed E-state index contributed by atoms with van der Waals surface area (Å²) in [5, 5.41) is 0. The summed E-state index contributed by atoms with van der Waals surface area (Å²) >= 11 is 0. The van der Waals surface area contributed by atoms with E-state index in [1.807, 2.05) is 9.80 Å². The number of nitrogens with zero attached hydrogens (tertiary/aromatic N) is 2. The van der Waals surface area contributed by atoms with E-state index < -0.39 is 0 Å². The topological polar surface area (TPSA) is 49.9 Å². The molecule has 0 aromatic carbocycles. The van der Waals surface area contributed by atoms with Crippen molar-refractivity contribution in [1.29, 1.82) is 0 Å². The molecule has 23 heavy (non-hydrogen) atoms. The predicted molar refractivity (Wildman–Crippen MR) is 90.0 cm³/mol. The number of hydrogen-bond acceptors (Lipinski definition) is 3. The summed E-state index contributed by atoms with van der Waals surface area (Å²) in [6.45, 7) is 8.22. The Bertz CT molecular complexity index is 424. The van der Waals surface area contributed by atoms with Gasteiger partial charge in [-0.05, 0) is 31.6 Å². The normalized spacial score (nSPS) is 25.5. The number of methoxy groups -OCH3 is 1. The van der Waals surface area contributed by atoms with E-state index in [1.54, 1.807) is 7.11 Å². The number of carbonyl (C=O) groups is 2. The van der Waals surface area contributed by atoms with Crippen LogP contribution in [0, 0.1) is 11.3 Å². The maximum atomic E-state index is 12.3. The van der Waals surface area contributed by atoms with Crippen LogP contribution in [0.2, 0.25) is 0 Å². The van der Waals surface area contributed by atoms with E-state index >= 15 is 0 Å². The number of likely N-dealkylation sites (tertiary alicyclic amines) is 2. The van der Waals surface area contributed by atoms with Gasteiger partial charge in [0.2, 0.25) is 11.8 Å². The van der Waals surface area contributed by atoms with E-state index in [0.717, 1.165) is 51.9 Å². The van der Waals surface area contributed by atoms with Gasteiger partial charge < -0.3 is 14.5 Å². The molecule has 2 fully saturated rings. The van der Waals surface area contributed by atoms with Gasteiger partial charge in [0.25, 0.3) is 0 Å². The fourth-order valence-corrected chi connectivity index (χ4v) is 3.82. The van der Waals surface area contributed by atoms with Gasteiger partial charge in [-0.25, -0.2) is 0 Å². The highest BCUT2D eigenvalue weighted by Gasteiger charge is 2.42. The SMILES string of the molecule is COCCC(=O)N1CCC[C@@]2(CCC(=O)N(CCC(C)C)C2)C1. The Labute approximate surface area is 140 Å². The van der Waals surface area contributed by atoms with E-state index in [-0.39, 0.29) is 11.3 Å². The highest BCUT2D eigenvalue weighted by molar-refractivity contribution is 5.78. The Balaban J connectivity index is 1.96. The molecule has 2 heterocycles. The largest absolute Gasteiger partial charge is 0.384 e. The molecule has 0 radical (unpaired) electrons. The van der Waals surface area contributed by atoms with Gasteiger partial charge in [-0.15, -0.1) is 0 Å². The Morgan fingerprint density at radius 3 is 2.78 bits per heavy atom. The molecular weight excluding hydrogens is 292 g/mol. The number of carbonyl (C=O) groups excluding carboxylic acids is 2. The van der Waals surface area contributed by atoms with Crippen molar-refractivity contribution in [2.75, 3.05) is 39.9 Å². The minimum absolute atomic E-state index is 0.117. The smallest absolute Gasteiger partial charge is 0.224 e.